The second kappa shape index (κ2) is 8.11. The average Bonchev–Trinajstić information content (AvgIpc) is 3.58. The van der Waals surface area contributed by atoms with Gasteiger partial charge in [-0.15, -0.1) is 5.10 Å². The molecule has 4 N–H and O–H groups in total. The summed E-state index contributed by atoms with van der Waals surface area (Å²) in [6, 6.07) is 4.86. The fourth-order valence-electron chi connectivity index (χ4n) is 4.46. The Kier molecular flexibility index (Phi) is 5.21. The molecule has 5 rings (SSSR count). The van der Waals surface area contributed by atoms with Gasteiger partial charge in [0, 0.05) is 20.3 Å². The molecule has 4 aromatic rings. The van der Waals surface area contributed by atoms with Crippen molar-refractivity contribution in [2.45, 2.75) is 31.6 Å². The number of pyridine rings is 1. The molecule has 0 spiro atoms. The predicted molar refractivity (Wildman–Crippen MR) is 121 cm³/mol. The number of amides is 1. The topological polar surface area (TPSA) is 169 Å². The molecule has 4 heterocycles. The number of fused-ring (bicyclic) bond motifs is 1. The van der Waals surface area contributed by atoms with E-state index in [1.165, 1.54) is 18.1 Å². The molecule has 176 valence electrons. The maximum absolute atomic E-state index is 12.5. The van der Waals surface area contributed by atoms with Crippen LogP contribution in [0.2, 0.25) is 0 Å². The zero-order valence-corrected chi connectivity index (χ0v) is 18.8. The average molecular weight is 464 g/mol. The van der Waals surface area contributed by atoms with Gasteiger partial charge in [-0.3, -0.25) is 9.78 Å². The summed E-state index contributed by atoms with van der Waals surface area (Å²) in [5, 5.41) is 35.4. The number of hydrogen-bond donors (Lipinski definition) is 4. The van der Waals surface area contributed by atoms with Gasteiger partial charge in [0.05, 0.1) is 35.8 Å². The van der Waals surface area contributed by atoms with Crippen LogP contribution in [0.25, 0.3) is 28.5 Å². The summed E-state index contributed by atoms with van der Waals surface area (Å²) in [5.74, 6) is 0.341. The highest BCUT2D eigenvalue weighted by Crippen LogP contribution is 2.45. The van der Waals surface area contributed by atoms with Gasteiger partial charge in [-0.1, -0.05) is 11.3 Å². The van der Waals surface area contributed by atoms with Gasteiger partial charge in [0.1, 0.15) is 11.8 Å². The molecule has 34 heavy (non-hydrogen) atoms. The van der Waals surface area contributed by atoms with Crippen LogP contribution in [-0.2, 0) is 4.79 Å². The van der Waals surface area contributed by atoms with Crippen molar-refractivity contribution < 1.29 is 15.0 Å². The Morgan fingerprint density at radius 3 is 2.71 bits per heavy atom. The molecule has 1 aliphatic rings. The molecule has 13 nitrogen and oxygen atoms in total. The maximum Gasteiger partial charge on any atom is 0.256 e. The molecule has 13 heteroatoms. The van der Waals surface area contributed by atoms with Crippen LogP contribution in [0.15, 0.2) is 36.9 Å². The quantitative estimate of drug-likeness (QED) is 0.314. The normalized spacial score (nSPS) is 24.4. The van der Waals surface area contributed by atoms with Crippen molar-refractivity contribution >= 4 is 22.9 Å². The smallest absolute Gasteiger partial charge is 0.256 e. The number of carbonyl (C=O) groups excluding carboxylic acids is 1. The van der Waals surface area contributed by atoms with Crippen molar-refractivity contribution in [2.75, 3.05) is 19.4 Å². The van der Waals surface area contributed by atoms with E-state index in [2.05, 4.69) is 40.9 Å². The number of imidazole rings is 1. The fourth-order valence-corrected chi connectivity index (χ4v) is 4.46. The van der Waals surface area contributed by atoms with E-state index in [0.29, 0.717) is 28.4 Å². The van der Waals surface area contributed by atoms with E-state index in [1.807, 2.05) is 18.2 Å². The monoisotopic (exact) mass is 464 g/mol. The van der Waals surface area contributed by atoms with Gasteiger partial charge in [-0.05, 0) is 25.5 Å². The third kappa shape index (κ3) is 3.28. The van der Waals surface area contributed by atoms with Crippen molar-refractivity contribution in [1.29, 1.82) is 0 Å². The molecule has 1 saturated carbocycles. The minimum absolute atomic E-state index is 0.196. The molecule has 1 aliphatic carbocycles. The van der Waals surface area contributed by atoms with Crippen LogP contribution in [0.1, 0.15) is 19.4 Å². The molecule has 0 aliphatic heterocycles. The number of rotatable bonds is 5. The summed E-state index contributed by atoms with van der Waals surface area (Å²) >= 11 is 0. The van der Waals surface area contributed by atoms with Gasteiger partial charge in [0.15, 0.2) is 17.0 Å². The molecule has 0 unspecified atom stereocenters. The molecule has 1 fully saturated rings. The zero-order valence-electron chi connectivity index (χ0n) is 18.8. The first kappa shape index (κ1) is 21.9. The van der Waals surface area contributed by atoms with Crippen LogP contribution in [0, 0.1) is 5.41 Å². The van der Waals surface area contributed by atoms with Crippen LogP contribution in [-0.4, -0.2) is 81.9 Å². The number of hydrogen-bond acceptors (Lipinski definition) is 10. The van der Waals surface area contributed by atoms with Crippen molar-refractivity contribution in [1.82, 2.24) is 44.8 Å². The summed E-state index contributed by atoms with van der Waals surface area (Å²) in [7, 11) is 3.21. The second-order valence-corrected chi connectivity index (χ2v) is 8.41. The van der Waals surface area contributed by atoms with Gasteiger partial charge >= 0.3 is 0 Å². The number of carbonyl (C=O) groups is 1. The summed E-state index contributed by atoms with van der Waals surface area (Å²) in [4.78, 5) is 30.3. The molecule has 0 aromatic carbocycles. The Bertz CT molecular complexity index is 1350. The first-order chi connectivity index (χ1) is 16.4. The SMILES string of the molecule is CNC(=O)[C@@]1(C)C[C@@H](n2cnc3c(NC)nc(-n4cc(-c5ccccn5)nn4)nc32)[C@H](O)[C@@H]1O. The van der Waals surface area contributed by atoms with Gasteiger partial charge in [-0.2, -0.15) is 14.6 Å². The summed E-state index contributed by atoms with van der Waals surface area (Å²) < 4.78 is 3.09. The van der Waals surface area contributed by atoms with Gasteiger partial charge in [-0.25, -0.2) is 4.98 Å². The largest absolute Gasteiger partial charge is 0.389 e. The third-order valence-electron chi connectivity index (χ3n) is 6.38. The van der Waals surface area contributed by atoms with Crippen LogP contribution >= 0.6 is 0 Å². The van der Waals surface area contributed by atoms with E-state index >= 15 is 0 Å². The van der Waals surface area contributed by atoms with Gasteiger partial charge in [0.2, 0.25) is 5.91 Å². The number of aliphatic hydroxyl groups is 2. The Balaban J connectivity index is 1.58. The van der Waals surface area contributed by atoms with Crippen molar-refractivity contribution in [3.63, 3.8) is 0 Å². The predicted octanol–water partition coefficient (Wildman–Crippen LogP) is -0.0704. The van der Waals surface area contributed by atoms with Gasteiger partial charge in [0.25, 0.3) is 5.95 Å². The lowest BCUT2D eigenvalue weighted by atomic mass is 9.85. The van der Waals surface area contributed by atoms with Crippen LogP contribution in [0.4, 0.5) is 5.82 Å². The zero-order chi connectivity index (χ0) is 24.0. The lowest BCUT2D eigenvalue weighted by Gasteiger charge is -2.26. The van der Waals surface area contributed by atoms with E-state index in [9.17, 15) is 15.0 Å². The molecule has 4 aromatic heterocycles. The van der Waals surface area contributed by atoms with Crippen LogP contribution in [0.5, 0.6) is 0 Å². The molecular formula is C21H24N10O3. The number of nitrogens with zero attached hydrogens (tertiary/aromatic N) is 8. The van der Waals surface area contributed by atoms with Crippen molar-refractivity contribution in [2.24, 2.45) is 5.41 Å². The lowest BCUT2D eigenvalue weighted by molar-refractivity contribution is -0.136. The Hall–Kier alpha value is -3.97. The molecular weight excluding hydrogens is 440 g/mol. The Labute approximate surface area is 193 Å². The molecule has 1 amide bonds. The van der Waals surface area contributed by atoms with Crippen LogP contribution in [0.3, 0.4) is 0 Å². The molecule has 0 saturated heterocycles. The molecule has 0 bridgehead atoms. The molecule has 4 atom stereocenters. The van der Waals surface area contributed by atoms with E-state index in [-0.39, 0.29) is 18.3 Å². The van der Waals surface area contributed by atoms with Crippen LogP contribution < -0.4 is 10.6 Å². The fraction of sp³-hybridized carbons (Fsp3) is 0.381. The Morgan fingerprint density at radius 2 is 2.00 bits per heavy atom. The number of anilines is 1. The first-order valence-electron chi connectivity index (χ1n) is 10.7. The van der Waals surface area contributed by atoms with E-state index in [0.717, 1.165) is 0 Å². The van der Waals surface area contributed by atoms with E-state index in [1.54, 1.807) is 30.9 Å². The minimum Gasteiger partial charge on any atom is -0.389 e. The lowest BCUT2D eigenvalue weighted by Crippen LogP contribution is -2.45. The Morgan fingerprint density at radius 1 is 1.18 bits per heavy atom. The summed E-state index contributed by atoms with van der Waals surface area (Å²) in [6.45, 7) is 1.63. The number of nitrogens with one attached hydrogen (secondary N) is 2. The molecule has 0 radical (unpaired) electrons. The minimum atomic E-state index is -1.25. The third-order valence-corrected chi connectivity index (χ3v) is 6.38. The standard InChI is InChI=1S/C21H24N10O3/c1-21(19(34)23-3)8-13(15(32)16(21)33)30-10-25-14-17(22-2)26-20(27-18(14)30)31-9-12(28-29-31)11-6-4-5-7-24-11/h4-7,9-10,13,15-16,32-33H,8H2,1-3H3,(H,23,34)(H,22,26,27)/t13-,15+,16+,21+/m1/s1. The van der Waals surface area contributed by atoms with E-state index < -0.39 is 23.7 Å². The number of aliphatic hydroxyl groups excluding tert-OH is 2. The number of aromatic nitrogens is 8. The van der Waals surface area contributed by atoms with Crippen molar-refractivity contribution in [3.05, 3.63) is 36.9 Å². The highest BCUT2D eigenvalue weighted by atomic mass is 16.3. The summed E-state index contributed by atoms with van der Waals surface area (Å²) in [6.07, 6.45) is 2.61. The van der Waals surface area contributed by atoms with Crippen molar-refractivity contribution in [3.8, 4) is 17.3 Å². The summed E-state index contributed by atoms with van der Waals surface area (Å²) in [5.41, 5.74) is 0.943. The van der Waals surface area contributed by atoms with Gasteiger partial charge < -0.3 is 25.4 Å². The second-order valence-electron chi connectivity index (χ2n) is 8.41. The maximum atomic E-state index is 12.5. The van der Waals surface area contributed by atoms with E-state index in [4.69, 9.17) is 0 Å². The highest BCUT2D eigenvalue weighted by Gasteiger charge is 2.54. The highest BCUT2D eigenvalue weighted by molar-refractivity contribution is 5.85. The first-order valence-corrected chi connectivity index (χ1v) is 10.7.